The lowest BCUT2D eigenvalue weighted by molar-refractivity contribution is 0.211. The van der Waals surface area contributed by atoms with E-state index in [2.05, 4.69) is 22.3 Å². The van der Waals surface area contributed by atoms with Crippen molar-refractivity contribution in [2.75, 3.05) is 38.4 Å². The van der Waals surface area contributed by atoms with Gasteiger partial charge in [-0.15, -0.1) is 0 Å². The van der Waals surface area contributed by atoms with Crippen LogP contribution in [-0.4, -0.2) is 38.3 Å². The summed E-state index contributed by atoms with van der Waals surface area (Å²) in [5, 5.41) is 3.62. The SMILES string of the molecule is COc1cc(NC2CCN(Cc3cccc(N)c3)CC2)cc(OC)c1. The quantitative estimate of drug-likeness (QED) is 0.789. The molecule has 1 saturated heterocycles. The maximum absolute atomic E-state index is 5.87. The summed E-state index contributed by atoms with van der Waals surface area (Å²) in [7, 11) is 3.35. The molecule has 0 aromatic heterocycles. The Morgan fingerprint density at radius 2 is 1.72 bits per heavy atom. The van der Waals surface area contributed by atoms with Crippen LogP contribution in [0.25, 0.3) is 0 Å². The average Bonchev–Trinajstić information content (AvgIpc) is 2.63. The molecule has 1 fully saturated rings. The Labute approximate surface area is 149 Å². The predicted octanol–water partition coefficient (Wildman–Crippen LogP) is 3.36. The fourth-order valence-corrected chi connectivity index (χ4v) is 3.31. The van der Waals surface area contributed by atoms with E-state index >= 15 is 0 Å². The Balaban J connectivity index is 1.54. The van der Waals surface area contributed by atoms with Crippen molar-refractivity contribution in [1.82, 2.24) is 4.90 Å². The number of hydrogen-bond acceptors (Lipinski definition) is 5. The van der Waals surface area contributed by atoms with Crippen LogP contribution in [0.5, 0.6) is 11.5 Å². The molecule has 5 heteroatoms. The largest absolute Gasteiger partial charge is 0.497 e. The highest BCUT2D eigenvalue weighted by atomic mass is 16.5. The monoisotopic (exact) mass is 341 g/mol. The maximum Gasteiger partial charge on any atom is 0.124 e. The molecule has 0 unspecified atom stereocenters. The molecule has 0 radical (unpaired) electrons. The second-order valence-corrected chi connectivity index (χ2v) is 6.54. The first-order valence-electron chi connectivity index (χ1n) is 8.72. The number of piperidine rings is 1. The van der Waals surface area contributed by atoms with E-state index in [1.807, 2.05) is 30.3 Å². The normalized spacial score (nSPS) is 15.8. The number of nitrogens with one attached hydrogen (secondary N) is 1. The van der Waals surface area contributed by atoms with E-state index in [1.165, 1.54) is 5.56 Å². The third kappa shape index (κ3) is 4.79. The molecule has 0 bridgehead atoms. The third-order valence-corrected chi connectivity index (χ3v) is 4.67. The number of benzene rings is 2. The Hall–Kier alpha value is -2.40. The van der Waals surface area contributed by atoms with Crippen molar-refractivity contribution >= 4 is 11.4 Å². The van der Waals surface area contributed by atoms with E-state index in [-0.39, 0.29) is 0 Å². The maximum atomic E-state index is 5.87. The fourth-order valence-electron chi connectivity index (χ4n) is 3.31. The van der Waals surface area contributed by atoms with E-state index in [9.17, 15) is 0 Å². The van der Waals surface area contributed by atoms with E-state index in [4.69, 9.17) is 15.2 Å². The molecule has 0 saturated carbocycles. The van der Waals surface area contributed by atoms with Gasteiger partial charge < -0.3 is 20.5 Å². The van der Waals surface area contributed by atoms with Crippen molar-refractivity contribution in [2.24, 2.45) is 0 Å². The summed E-state index contributed by atoms with van der Waals surface area (Å²) in [6, 6.07) is 14.5. The van der Waals surface area contributed by atoms with E-state index in [0.29, 0.717) is 6.04 Å². The minimum atomic E-state index is 0.467. The second-order valence-electron chi connectivity index (χ2n) is 6.54. The highest BCUT2D eigenvalue weighted by molar-refractivity contribution is 5.54. The first kappa shape index (κ1) is 17.4. The molecule has 2 aromatic rings. The fraction of sp³-hybridized carbons (Fsp3) is 0.400. The van der Waals surface area contributed by atoms with Gasteiger partial charge in [-0.05, 0) is 30.5 Å². The van der Waals surface area contributed by atoms with Gasteiger partial charge in [0.25, 0.3) is 0 Å². The summed E-state index contributed by atoms with van der Waals surface area (Å²) in [4.78, 5) is 2.49. The molecule has 3 N–H and O–H groups in total. The number of nitrogens with two attached hydrogens (primary N) is 1. The molecule has 0 spiro atoms. The zero-order valence-electron chi connectivity index (χ0n) is 15.0. The first-order chi connectivity index (χ1) is 12.2. The lowest BCUT2D eigenvalue weighted by Gasteiger charge is -2.33. The van der Waals surface area contributed by atoms with Crippen LogP contribution in [-0.2, 0) is 6.54 Å². The summed E-state index contributed by atoms with van der Waals surface area (Å²) >= 11 is 0. The van der Waals surface area contributed by atoms with Gasteiger partial charge in [0.2, 0.25) is 0 Å². The number of nitrogen functional groups attached to an aromatic ring is 1. The molecule has 0 aliphatic carbocycles. The van der Waals surface area contributed by atoms with Gasteiger partial charge in [0, 0.05) is 55.2 Å². The molecule has 3 rings (SSSR count). The van der Waals surface area contributed by atoms with Crippen LogP contribution in [0.4, 0.5) is 11.4 Å². The molecular formula is C20H27N3O2. The number of hydrogen-bond donors (Lipinski definition) is 2. The number of anilines is 2. The Bertz CT molecular complexity index is 675. The van der Waals surface area contributed by atoms with Gasteiger partial charge in [-0.2, -0.15) is 0 Å². The summed E-state index contributed by atoms with van der Waals surface area (Å²) in [6.45, 7) is 3.12. The Morgan fingerprint density at radius 1 is 1.04 bits per heavy atom. The first-order valence-corrected chi connectivity index (χ1v) is 8.72. The summed E-state index contributed by atoms with van der Waals surface area (Å²) in [5.74, 6) is 1.61. The van der Waals surface area contributed by atoms with Crippen LogP contribution in [0.2, 0.25) is 0 Å². The van der Waals surface area contributed by atoms with E-state index < -0.39 is 0 Å². The smallest absolute Gasteiger partial charge is 0.124 e. The molecule has 134 valence electrons. The molecule has 1 heterocycles. The standard InChI is InChI=1S/C20H27N3O2/c1-24-19-11-18(12-20(13-19)25-2)22-17-6-8-23(9-7-17)14-15-4-3-5-16(21)10-15/h3-5,10-13,17,22H,6-9,14,21H2,1-2H3. The molecule has 0 atom stereocenters. The van der Waals surface area contributed by atoms with E-state index in [1.54, 1.807) is 14.2 Å². The zero-order valence-corrected chi connectivity index (χ0v) is 15.0. The number of ether oxygens (including phenoxy) is 2. The molecule has 1 aliphatic rings. The number of rotatable bonds is 6. The van der Waals surface area contributed by atoms with Gasteiger partial charge in [-0.25, -0.2) is 0 Å². The summed E-state index contributed by atoms with van der Waals surface area (Å²) < 4.78 is 10.7. The Kier molecular flexibility index (Phi) is 5.66. The predicted molar refractivity (Wildman–Crippen MR) is 102 cm³/mol. The third-order valence-electron chi connectivity index (χ3n) is 4.67. The average molecular weight is 341 g/mol. The van der Waals surface area contributed by atoms with Gasteiger partial charge >= 0.3 is 0 Å². The van der Waals surface area contributed by atoms with Gasteiger partial charge in [0.05, 0.1) is 14.2 Å². The number of methoxy groups -OCH3 is 2. The Morgan fingerprint density at radius 3 is 2.32 bits per heavy atom. The van der Waals surface area contributed by atoms with Crippen LogP contribution in [0.1, 0.15) is 18.4 Å². The highest BCUT2D eigenvalue weighted by Crippen LogP contribution is 2.27. The summed E-state index contributed by atoms with van der Waals surface area (Å²) in [5.41, 5.74) is 9.03. The molecule has 25 heavy (non-hydrogen) atoms. The van der Waals surface area contributed by atoms with Gasteiger partial charge in [-0.1, -0.05) is 12.1 Å². The van der Waals surface area contributed by atoms with Crippen LogP contribution in [0, 0.1) is 0 Å². The number of likely N-dealkylation sites (tertiary alicyclic amines) is 1. The van der Waals surface area contributed by atoms with Crippen LogP contribution in [0.3, 0.4) is 0 Å². The molecule has 5 nitrogen and oxygen atoms in total. The molecule has 2 aromatic carbocycles. The minimum absolute atomic E-state index is 0.467. The van der Waals surface area contributed by atoms with Crippen molar-refractivity contribution < 1.29 is 9.47 Å². The van der Waals surface area contributed by atoms with Crippen LogP contribution in [0.15, 0.2) is 42.5 Å². The van der Waals surface area contributed by atoms with Gasteiger partial charge in [-0.3, -0.25) is 4.90 Å². The summed E-state index contributed by atoms with van der Waals surface area (Å²) in [6.07, 6.45) is 2.23. The van der Waals surface area contributed by atoms with Crippen molar-refractivity contribution in [2.45, 2.75) is 25.4 Å². The van der Waals surface area contributed by atoms with E-state index in [0.717, 1.165) is 55.3 Å². The lowest BCUT2D eigenvalue weighted by atomic mass is 10.0. The second kappa shape index (κ2) is 8.12. The van der Waals surface area contributed by atoms with Crippen molar-refractivity contribution in [3.8, 4) is 11.5 Å². The van der Waals surface area contributed by atoms with Crippen molar-refractivity contribution in [1.29, 1.82) is 0 Å². The molecule has 0 amide bonds. The number of nitrogens with zero attached hydrogens (tertiary/aromatic N) is 1. The molecular weight excluding hydrogens is 314 g/mol. The molecule has 1 aliphatic heterocycles. The lowest BCUT2D eigenvalue weighted by Crippen LogP contribution is -2.38. The zero-order chi connectivity index (χ0) is 17.6. The highest BCUT2D eigenvalue weighted by Gasteiger charge is 2.19. The van der Waals surface area contributed by atoms with Gasteiger partial charge in [0.1, 0.15) is 11.5 Å². The van der Waals surface area contributed by atoms with Crippen molar-refractivity contribution in [3.05, 3.63) is 48.0 Å². The van der Waals surface area contributed by atoms with Crippen LogP contribution < -0.4 is 20.5 Å². The topological polar surface area (TPSA) is 59.8 Å². The van der Waals surface area contributed by atoms with Crippen LogP contribution >= 0.6 is 0 Å². The van der Waals surface area contributed by atoms with Gasteiger partial charge in [0.15, 0.2) is 0 Å². The van der Waals surface area contributed by atoms with Crippen molar-refractivity contribution in [3.63, 3.8) is 0 Å². The minimum Gasteiger partial charge on any atom is -0.497 e.